The fraction of sp³-hybridized carbons (Fsp3) is 0.294. The highest BCUT2D eigenvalue weighted by Gasteiger charge is 2.32. The van der Waals surface area contributed by atoms with Crippen LogP contribution in [0.25, 0.3) is 0 Å². The summed E-state index contributed by atoms with van der Waals surface area (Å²) < 4.78 is 0. The SMILES string of the molecule is c1ccc(C2CCN3CCN2c2ccccc23)cc1. The zero-order chi connectivity index (χ0) is 12.7. The second kappa shape index (κ2) is 4.30. The van der Waals surface area contributed by atoms with Gasteiger partial charge in [0.15, 0.2) is 0 Å². The fourth-order valence-electron chi connectivity index (χ4n) is 3.46. The van der Waals surface area contributed by atoms with Crippen LogP contribution in [0.4, 0.5) is 11.4 Å². The summed E-state index contributed by atoms with van der Waals surface area (Å²) in [6.45, 7) is 3.45. The molecule has 2 heteroatoms. The lowest BCUT2D eigenvalue weighted by Gasteiger charge is -2.37. The summed E-state index contributed by atoms with van der Waals surface area (Å²) in [5.74, 6) is 0. The largest absolute Gasteiger partial charge is 0.368 e. The van der Waals surface area contributed by atoms with Crippen LogP contribution in [0.3, 0.4) is 0 Å². The van der Waals surface area contributed by atoms with Crippen LogP contribution in [-0.4, -0.2) is 19.6 Å². The molecule has 96 valence electrons. The highest BCUT2D eigenvalue weighted by molar-refractivity contribution is 5.75. The summed E-state index contributed by atoms with van der Waals surface area (Å²) in [6, 6.07) is 20.3. The summed E-state index contributed by atoms with van der Waals surface area (Å²) in [4.78, 5) is 5.13. The van der Waals surface area contributed by atoms with Crippen LogP contribution in [-0.2, 0) is 0 Å². The Morgan fingerprint density at radius 3 is 2.32 bits per heavy atom. The van der Waals surface area contributed by atoms with Gasteiger partial charge in [-0.2, -0.15) is 0 Å². The maximum absolute atomic E-state index is 2.59. The second-order valence-electron chi connectivity index (χ2n) is 5.38. The lowest BCUT2D eigenvalue weighted by Crippen LogP contribution is -2.37. The van der Waals surface area contributed by atoms with E-state index in [4.69, 9.17) is 0 Å². The highest BCUT2D eigenvalue weighted by atomic mass is 15.3. The summed E-state index contributed by atoms with van der Waals surface area (Å²) in [5, 5.41) is 0. The first-order valence-corrected chi connectivity index (χ1v) is 7.09. The van der Waals surface area contributed by atoms with Crippen LogP contribution in [0.2, 0.25) is 0 Å². The standard InChI is InChI=1S/C17H18N2/c1-2-6-14(7-3-1)15-10-11-18-12-13-19(15)17-9-5-4-8-16(17)18/h1-9,15H,10-13H2. The molecule has 1 fully saturated rings. The number of hydrogen-bond acceptors (Lipinski definition) is 2. The minimum atomic E-state index is 0.523. The van der Waals surface area contributed by atoms with Gasteiger partial charge in [-0.15, -0.1) is 0 Å². The normalized spacial score (nSPS) is 21.2. The molecule has 1 atom stereocenters. The van der Waals surface area contributed by atoms with E-state index in [-0.39, 0.29) is 0 Å². The first kappa shape index (κ1) is 10.9. The van der Waals surface area contributed by atoms with Crippen molar-refractivity contribution in [1.29, 1.82) is 0 Å². The summed E-state index contributed by atoms with van der Waals surface area (Å²) in [5.41, 5.74) is 4.26. The molecule has 0 saturated carbocycles. The smallest absolute Gasteiger partial charge is 0.0609 e. The molecule has 0 aromatic heterocycles. The summed E-state index contributed by atoms with van der Waals surface area (Å²) in [6.07, 6.45) is 1.21. The Kier molecular flexibility index (Phi) is 2.47. The third-order valence-electron chi connectivity index (χ3n) is 4.38. The third-order valence-corrected chi connectivity index (χ3v) is 4.38. The molecule has 1 unspecified atom stereocenters. The molecule has 5 rings (SSSR count). The predicted octanol–water partition coefficient (Wildman–Crippen LogP) is 3.46. The minimum absolute atomic E-state index is 0.523. The molecule has 0 amide bonds. The molecule has 2 bridgehead atoms. The van der Waals surface area contributed by atoms with Crippen molar-refractivity contribution in [3.63, 3.8) is 0 Å². The average Bonchev–Trinajstić information content (AvgIpc) is 2.79. The van der Waals surface area contributed by atoms with Crippen molar-refractivity contribution in [2.24, 2.45) is 0 Å². The number of hydrogen-bond donors (Lipinski definition) is 0. The predicted molar refractivity (Wildman–Crippen MR) is 79.8 cm³/mol. The molecule has 0 aliphatic carbocycles. The van der Waals surface area contributed by atoms with Gasteiger partial charge in [-0.05, 0) is 24.1 Å². The second-order valence-corrected chi connectivity index (χ2v) is 5.38. The van der Waals surface area contributed by atoms with Crippen LogP contribution in [0.1, 0.15) is 18.0 Å². The Morgan fingerprint density at radius 2 is 1.47 bits per heavy atom. The number of rotatable bonds is 1. The van der Waals surface area contributed by atoms with Gasteiger partial charge in [0, 0.05) is 19.6 Å². The van der Waals surface area contributed by atoms with Crippen LogP contribution in [0.15, 0.2) is 54.6 Å². The van der Waals surface area contributed by atoms with Crippen molar-refractivity contribution >= 4 is 11.4 Å². The van der Waals surface area contributed by atoms with E-state index in [1.165, 1.54) is 23.4 Å². The molecular formula is C17H18N2. The molecule has 0 spiro atoms. The van der Waals surface area contributed by atoms with Gasteiger partial charge in [0.25, 0.3) is 0 Å². The van der Waals surface area contributed by atoms with E-state index in [1.807, 2.05) is 0 Å². The van der Waals surface area contributed by atoms with Crippen LogP contribution in [0.5, 0.6) is 0 Å². The van der Waals surface area contributed by atoms with E-state index >= 15 is 0 Å². The van der Waals surface area contributed by atoms with Crippen LogP contribution >= 0.6 is 0 Å². The van der Waals surface area contributed by atoms with Gasteiger partial charge < -0.3 is 9.80 Å². The van der Waals surface area contributed by atoms with Crippen LogP contribution < -0.4 is 9.80 Å². The van der Waals surface area contributed by atoms with Gasteiger partial charge >= 0.3 is 0 Å². The number of nitrogens with zero attached hydrogens (tertiary/aromatic N) is 2. The maximum atomic E-state index is 2.59. The van der Waals surface area contributed by atoms with Crippen molar-refractivity contribution in [2.45, 2.75) is 12.5 Å². The maximum Gasteiger partial charge on any atom is 0.0609 e. The molecule has 2 aromatic rings. The molecule has 3 aliphatic rings. The topological polar surface area (TPSA) is 6.48 Å². The van der Waals surface area contributed by atoms with Gasteiger partial charge in [0.05, 0.1) is 17.4 Å². The Bertz CT molecular complexity index is 579. The van der Waals surface area contributed by atoms with Crippen LogP contribution in [0, 0.1) is 0 Å². The number of fused-ring (bicyclic) bond motifs is 3. The lowest BCUT2D eigenvalue weighted by atomic mass is 10.0. The van der Waals surface area contributed by atoms with E-state index in [0.29, 0.717) is 6.04 Å². The van der Waals surface area contributed by atoms with E-state index in [0.717, 1.165) is 19.6 Å². The first-order valence-electron chi connectivity index (χ1n) is 7.09. The monoisotopic (exact) mass is 250 g/mol. The Hall–Kier alpha value is -1.96. The Morgan fingerprint density at radius 1 is 0.737 bits per heavy atom. The van der Waals surface area contributed by atoms with Crippen molar-refractivity contribution in [3.8, 4) is 0 Å². The van der Waals surface area contributed by atoms with Crippen molar-refractivity contribution < 1.29 is 0 Å². The number of benzene rings is 2. The van der Waals surface area contributed by atoms with Gasteiger partial charge in [-0.25, -0.2) is 0 Å². The van der Waals surface area contributed by atoms with Crippen molar-refractivity contribution in [2.75, 3.05) is 29.4 Å². The van der Waals surface area contributed by atoms with Gasteiger partial charge in [-0.1, -0.05) is 42.5 Å². The molecule has 3 aliphatic heterocycles. The molecule has 0 radical (unpaired) electrons. The lowest BCUT2D eigenvalue weighted by molar-refractivity contribution is 0.632. The number of anilines is 2. The molecule has 0 N–H and O–H groups in total. The summed E-state index contributed by atoms with van der Waals surface area (Å²) in [7, 11) is 0. The molecular weight excluding hydrogens is 232 g/mol. The van der Waals surface area contributed by atoms with E-state index in [9.17, 15) is 0 Å². The van der Waals surface area contributed by atoms with E-state index in [2.05, 4.69) is 64.4 Å². The minimum Gasteiger partial charge on any atom is -0.368 e. The third kappa shape index (κ3) is 1.71. The zero-order valence-electron chi connectivity index (χ0n) is 11.0. The molecule has 3 heterocycles. The quantitative estimate of drug-likeness (QED) is 0.764. The number of para-hydroxylation sites is 2. The Labute approximate surface area is 114 Å². The summed E-state index contributed by atoms with van der Waals surface area (Å²) >= 11 is 0. The van der Waals surface area contributed by atoms with Crippen molar-refractivity contribution in [3.05, 3.63) is 60.2 Å². The highest BCUT2D eigenvalue weighted by Crippen LogP contribution is 2.42. The van der Waals surface area contributed by atoms with Gasteiger partial charge in [-0.3, -0.25) is 0 Å². The van der Waals surface area contributed by atoms with E-state index < -0.39 is 0 Å². The molecule has 2 nitrogen and oxygen atoms in total. The molecule has 1 saturated heterocycles. The van der Waals surface area contributed by atoms with Crippen molar-refractivity contribution in [1.82, 2.24) is 0 Å². The average molecular weight is 250 g/mol. The zero-order valence-corrected chi connectivity index (χ0v) is 11.0. The van der Waals surface area contributed by atoms with Gasteiger partial charge in [0.2, 0.25) is 0 Å². The molecule has 2 aromatic carbocycles. The van der Waals surface area contributed by atoms with E-state index in [1.54, 1.807) is 0 Å². The fourth-order valence-corrected chi connectivity index (χ4v) is 3.46. The Balaban J connectivity index is 1.81. The van der Waals surface area contributed by atoms with Gasteiger partial charge in [0.1, 0.15) is 0 Å². The molecule has 19 heavy (non-hydrogen) atoms. The first-order chi connectivity index (χ1) is 9.43.